The number of rotatable bonds is 16. The van der Waals surface area contributed by atoms with Gasteiger partial charge in [0.25, 0.3) is 17.8 Å². The van der Waals surface area contributed by atoms with Gasteiger partial charge < -0.3 is 35.7 Å². The summed E-state index contributed by atoms with van der Waals surface area (Å²) >= 11 is 0. The van der Waals surface area contributed by atoms with Gasteiger partial charge >= 0.3 is 16.3 Å². The van der Waals surface area contributed by atoms with Crippen LogP contribution in [-0.2, 0) is 35.9 Å². The van der Waals surface area contributed by atoms with Crippen LogP contribution in [0.25, 0.3) is 0 Å². The van der Waals surface area contributed by atoms with Crippen LogP contribution in [0.5, 0.6) is 11.5 Å². The molecule has 0 radical (unpaired) electrons. The molecule has 310 valence electrons. The highest BCUT2D eigenvalue weighted by atomic mass is 32.2. The fourth-order valence-corrected chi connectivity index (χ4v) is 7.40. The maximum Gasteiger partial charge on any atom is 0.366 e. The summed E-state index contributed by atoms with van der Waals surface area (Å²) in [7, 11) is -2.03. The Bertz CT molecular complexity index is 2080. The average Bonchev–Trinajstić information content (AvgIpc) is 3.55. The van der Waals surface area contributed by atoms with E-state index in [1.165, 1.54) is 43.5 Å². The van der Waals surface area contributed by atoms with E-state index in [4.69, 9.17) is 15.3 Å². The summed E-state index contributed by atoms with van der Waals surface area (Å²) in [5.74, 6) is -3.23. The minimum absolute atomic E-state index is 0.0435. The second kappa shape index (κ2) is 18.2. The van der Waals surface area contributed by atoms with Crippen molar-refractivity contribution in [2.75, 3.05) is 20.6 Å². The number of likely N-dealkylation sites (N-methyl/N-ethyl adjacent to an activating group) is 1. The lowest BCUT2D eigenvalue weighted by atomic mass is 9.73. The van der Waals surface area contributed by atoms with Gasteiger partial charge in [0.1, 0.15) is 17.3 Å². The van der Waals surface area contributed by atoms with Crippen LogP contribution in [0, 0.1) is 5.92 Å². The van der Waals surface area contributed by atoms with Crippen molar-refractivity contribution in [1.82, 2.24) is 14.5 Å². The molecule has 3 aliphatic rings. The van der Waals surface area contributed by atoms with E-state index in [9.17, 15) is 37.6 Å². The van der Waals surface area contributed by atoms with Gasteiger partial charge in [0, 0.05) is 38.5 Å². The molecule has 2 heterocycles. The number of benzene rings is 1. The lowest BCUT2D eigenvalue weighted by Gasteiger charge is -2.38. The van der Waals surface area contributed by atoms with Gasteiger partial charge in [0.15, 0.2) is 11.8 Å². The van der Waals surface area contributed by atoms with Crippen molar-refractivity contribution in [3.8, 4) is 11.5 Å². The number of nitrogens with one attached hydrogen (secondary N) is 1. The molecule has 1 aliphatic carbocycles. The molecule has 3 atom stereocenters. The highest BCUT2D eigenvalue weighted by Gasteiger charge is 2.50. The molecule has 17 nitrogen and oxygen atoms in total. The summed E-state index contributed by atoms with van der Waals surface area (Å²) < 4.78 is 41.2. The summed E-state index contributed by atoms with van der Waals surface area (Å²) in [6, 6.07) is 2.14. The fraction of sp³-hybridized carbons (Fsp3) is 0.487. The zero-order chi connectivity index (χ0) is 42.4. The Labute approximate surface area is 333 Å². The standard InChI is InChI=1S/C39H53N7O10S/c1-9-10-11-12-24-20-29(47)32(26-19-23(4)13-14-25(26)22(2)3)30(21-24)55-38(41-7)45(8)18-17-28-34(36(49)46(28)57(52,53)54)43-35(48)33(27-15-16-31(40)42-27)44-56-39(5,6)37(50)51/h15,17,19-21,25-26,34,47H,2,9-14,16,18H2,1,3-8H3,(H2,40,42)(H,43,48)(H,50,51)(H,52,53,54)/b28-17+,41-38?,44-33-/t25-,26+,34-/m0/s1. The molecule has 1 aromatic carbocycles. The fourth-order valence-electron chi connectivity index (χ4n) is 6.62. The molecule has 1 fully saturated rings. The van der Waals surface area contributed by atoms with Crippen LogP contribution < -0.4 is 15.8 Å². The first kappa shape index (κ1) is 44.2. The van der Waals surface area contributed by atoms with Gasteiger partial charge in [-0.3, -0.25) is 14.1 Å². The van der Waals surface area contributed by atoms with Gasteiger partial charge in [0.05, 0.1) is 11.4 Å². The van der Waals surface area contributed by atoms with Gasteiger partial charge in [-0.05, 0) is 89.1 Å². The first-order valence-corrected chi connectivity index (χ1v) is 20.0. The highest BCUT2D eigenvalue weighted by molar-refractivity contribution is 7.84. The van der Waals surface area contributed by atoms with E-state index in [1.807, 2.05) is 19.9 Å². The third kappa shape index (κ3) is 10.5. The lowest BCUT2D eigenvalue weighted by Crippen LogP contribution is -2.64. The number of allylic oxidation sites excluding steroid dienone is 3. The van der Waals surface area contributed by atoms with Crippen molar-refractivity contribution in [3.05, 3.63) is 70.6 Å². The molecule has 0 aromatic heterocycles. The summed E-state index contributed by atoms with van der Waals surface area (Å²) in [5, 5.41) is 27.1. The average molecular weight is 812 g/mol. The Morgan fingerprint density at radius 2 is 1.96 bits per heavy atom. The van der Waals surface area contributed by atoms with Crippen molar-refractivity contribution in [2.24, 2.45) is 26.8 Å². The summed E-state index contributed by atoms with van der Waals surface area (Å²) in [6.07, 6.45) is 10.4. The van der Waals surface area contributed by atoms with Crippen molar-refractivity contribution >= 4 is 45.7 Å². The second-order valence-corrected chi connectivity index (χ2v) is 16.1. The molecule has 1 aromatic rings. The first-order valence-electron chi connectivity index (χ1n) is 18.6. The van der Waals surface area contributed by atoms with Crippen LogP contribution in [0.3, 0.4) is 0 Å². The molecule has 0 saturated carbocycles. The minimum atomic E-state index is -5.12. The largest absolute Gasteiger partial charge is 0.507 e. The number of hydrogen-bond acceptors (Lipinski definition) is 12. The topological polar surface area (TPSA) is 246 Å². The normalized spacial score (nSPS) is 21.0. The summed E-state index contributed by atoms with van der Waals surface area (Å²) in [6.45, 7) is 12.6. The molecular formula is C39H53N7O10S. The number of carboxylic acid groups (broad SMARTS) is 1. The molecule has 57 heavy (non-hydrogen) atoms. The van der Waals surface area contributed by atoms with Gasteiger partial charge in [0.2, 0.25) is 5.60 Å². The smallest absolute Gasteiger partial charge is 0.366 e. The van der Waals surface area contributed by atoms with E-state index in [1.54, 1.807) is 13.1 Å². The van der Waals surface area contributed by atoms with Crippen molar-refractivity contribution in [3.63, 3.8) is 0 Å². The Kier molecular flexibility index (Phi) is 14.1. The number of phenolic OH excluding ortho intramolecular Hbond substituents is 1. The number of aromatic hydroxyl groups is 1. The number of carbonyl (C=O) groups is 3. The van der Waals surface area contributed by atoms with Gasteiger partial charge in [-0.25, -0.2) is 14.8 Å². The number of nitrogens with two attached hydrogens (primary N) is 1. The third-order valence-electron chi connectivity index (χ3n) is 9.85. The van der Waals surface area contributed by atoms with Gasteiger partial charge in [-0.1, -0.05) is 48.7 Å². The monoisotopic (exact) mass is 811 g/mol. The highest BCUT2D eigenvalue weighted by Crippen LogP contribution is 2.47. The van der Waals surface area contributed by atoms with E-state index in [0.717, 1.165) is 43.2 Å². The Hall–Kier alpha value is -5.49. The predicted octanol–water partition coefficient (Wildman–Crippen LogP) is 4.33. The summed E-state index contributed by atoms with van der Waals surface area (Å²) in [5.41, 5.74) is 6.61. The Morgan fingerprint density at radius 3 is 2.54 bits per heavy atom. The Morgan fingerprint density at radius 1 is 1.26 bits per heavy atom. The lowest BCUT2D eigenvalue weighted by molar-refractivity contribution is -0.161. The molecule has 18 heteroatoms. The van der Waals surface area contributed by atoms with Crippen LogP contribution in [0.4, 0.5) is 0 Å². The van der Waals surface area contributed by atoms with Crippen LogP contribution >= 0.6 is 0 Å². The SMILES string of the molecule is C=C(C)[C@@H]1CCC(C)=C[C@H]1c1c(O)cc(CCCCC)cc1OC(=NC)N(C)C/C=C1\[C@H](NC(=O)/C(=N\OC(C)(C)C(=O)O)C2=CCC(N)=N2)C(=O)N1S(=O)(=O)O. The molecule has 2 amide bonds. The number of amides is 2. The number of unbranched alkanes of at least 4 members (excludes halogenated alkanes) is 2. The zero-order valence-electron chi connectivity index (χ0n) is 33.4. The number of aliphatic carboxylic acids is 1. The number of hydrogen-bond donors (Lipinski definition) is 5. The number of carboxylic acids is 1. The van der Waals surface area contributed by atoms with Crippen molar-refractivity contribution < 1.29 is 47.1 Å². The van der Waals surface area contributed by atoms with E-state index in [0.29, 0.717) is 17.7 Å². The van der Waals surface area contributed by atoms with Crippen LogP contribution in [0.1, 0.15) is 90.2 Å². The number of aliphatic imine (C=N–C) groups is 2. The van der Waals surface area contributed by atoms with Gasteiger partial charge in [-0.15, -0.1) is 0 Å². The van der Waals surface area contributed by atoms with Gasteiger partial charge in [-0.2, -0.15) is 12.7 Å². The first-order chi connectivity index (χ1) is 26.7. The molecule has 4 rings (SSSR count). The molecule has 0 unspecified atom stereocenters. The number of oxime groups is 1. The van der Waals surface area contributed by atoms with Crippen LogP contribution in [-0.4, -0.2) is 100 Å². The van der Waals surface area contributed by atoms with Crippen LogP contribution in [0.15, 0.2) is 74.6 Å². The molecule has 1 saturated heterocycles. The maximum atomic E-state index is 13.5. The Balaban J connectivity index is 1.66. The predicted molar refractivity (Wildman–Crippen MR) is 215 cm³/mol. The molecule has 2 aliphatic heterocycles. The van der Waals surface area contributed by atoms with Crippen molar-refractivity contribution in [1.29, 1.82) is 0 Å². The second-order valence-electron chi connectivity index (χ2n) is 14.9. The number of amidine groups is 2. The quantitative estimate of drug-likeness (QED) is 0.0298. The number of carbonyl (C=O) groups excluding carboxylic acids is 2. The molecule has 0 bridgehead atoms. The minimum Gasteiger partial charge on any atom is -0.507 e. The molecule has 6 N–H and O–H groups in total. The van der Waals surface area contributed by atoms with E-state index in [-0.39, 0.29) is 58.1 Å². The van der Waals surface area contributed by atoms with E-state index in [2.05, 4.69) is 40.0 Å². The zero-order valence-corrected chi connectivity index (χ0v) is 34.2. The maximum absolute atomic E-state index is 13.5. The number of β-lactam (4-membered cyclic amide) rings is 1. The van der Waals surface area contributed by atoms with E-state index >= 15 is 0 Å². The number of ether oxygens (including phenoxy) is 1. The summed E-state index contributed by atoms with van der Waals surface area (Å²) in [4.78, 5) is 53.3. The third-order valence-corrected chi connectivity index (χ3v) is 10.7. The van der Waals surface area contributed by atoms with Crippen molar-refractivity contribution in [2.45, 2.75) is 97.1 Å². The van der Waals surface area contributed by atoms with Crippen LogP contribution in [0.2, 0.25) is 0 Å². The van der Waals surface area contributed by atoms with E-state index < -0.39 is 45.4 Å². The number of aryl methyl sites for hydroxylation is 1. The molecular weight excluding hydrogens is 759 g/mol. The number of phenols is 1. The number of nitrogens with zero attached hydrogens (tertiary/aromatic N) is 5. The molecule has 0 spiro atoms.